The third-order valence-electron chi connectivity index (χ3n) is 6.48. The number of aromatic nitrogens is 1. The van der Waals surface area contributed by atoms with E-state index >= 15 is 0 Å². The Bertz CT molecular complexity index is 1280. The van der Waals surface area contributed by atoms with Gasteiger partial charge in [0, 0.05) is 36.3 Å². The van der Waals surface area contributed by atoms with Crippen LogP contribution in [0.25, 0.3) is 0 Å². The average Bonchev–Trinajstić information content (AvgIpc) is 3.19. The SMILES string of the molecule is CCOc1cc(CCCNc2ncc(Br)cc2S(=O)(=O)N2CCCC[C@H](N(C)C)C2)ccc1OC.O=C(O)C(F)(F)F. The summed E-state index contributed by atoms with van der Waals surface area (Å²) in [6.07, 6.45) is 1.04. The average molecular weight is 684 g/mol. The van der Waals surface area contributed by atoms with Crippen LogP contribution < -0.4 is 14.8 Å². The number of likely N-dealkylation sites (N-methyl/N-ethyl adjacent to an activating group) is 1. The Morgan fingerprint density at radius 2 is 1.93 bits per heavy atom. The molecule has 0 radical (unpaired) electrons. The number of ether oxygens (including phenoxy) is 2. The van der Waals surface area contributed by atoms with Crippen molar-refractivity contribution in [1.29, 1.82) is 0 Å². The summed E-state index contributed by atoms with van der Waals surface area (Å²) in [5.41, 5.74) is 1.13. The number of alkyl halides is 3. The quantitative estimate of drug-likeness (QED) is 0.314. The normalized spacial score (nSPS) is 16.3. The van der Waals surface area contributed by atoms with Crippen LogP contribution in [-0.2, 0) is 21.2 Å². The van der Waals surface area contributed by atoms with Gasteiger partial charge in [-0.3, -0.25) is 0 Å². The standard InChI is InChI=1S/C25H37BrN4O4S.C2HF3O2/c1-5-34-23-15-19(11-12-22(23)33-4)9-8-13-27-25-24(16-20(26)17-28-25)35(31,32)30-14-7-6-10-21(18-30)29(2)3;3-2(4,5)1(6)7/h11-12,15-17,21H,5-10,13-14,18H2,1-4H3,(H,27,28);(H,6,7)/t21-;/m0./s1. The number of halogens is 4. The summed E-state index contributed by atoms with van der Waals surface area (Å²) in [5.74, 6) is -0.916. The number of nitrogens with zero attached hydrogens (tertiary/aromatic N) is 3. The molecule has 42 heavy (non-hydrogen) atoms. The second-order valence-corrected chi connectivity index (χ2v) is 12.6. The van der Waals surface area contributed by atoms with Crippen LogP contribution in [0.2, 0.25) is 0 Å². The highest BCUT2D eigenvalue weighted by atomic mass is 79.9. The first kappa shape index (κ1) is 35.6. The molecule has 0 unspecified atom stereocenters. The van der Waals surface area contributed by atoms with Gasteiger partial charge < -0.3 is 24.8 Å². The fraction of sp³-hybridized carbons (Fsp3) is 0.556. The van der Waals surface area contributed by atoms with Gasteiger partial charge in [-0.2, -0.15) is 17.5 Å². The van der Waals surface area contributed by atoms with Crippen molar-refractivity contribution in [2.75, 3.05) is 52.8 Å². The van der Waals surface area contributed by atoms with Gasteiger partial charge in [-0.25, -0.2) is 18.2 Å². The number of nitrogens with one attached hydrogen (secondary N) is 1. The van der Waals surface area contributed by atoms with Crippen molar-refractivity contribution in [3.8, 4) is 11.5 Å². The van der Waals surface area contributed by atoms with Crippen molar-refractivity contribution < 1.29 is 41.0 Å². The molecule has 2 N–H and O–H groups in total. The molecule has 1 atom stereocenters. The zero-order chi connectivity index (χ0) is 31.5. The highest BCUT2D eigenvalue weighted by Crippen LogP contribution is 2.30. The van der Waals surface area contributed by atoms with Crippen LogP contribution in [0.15, 0.2) is 39.8 Å². The second-order valence-electron chi connectivity index (χ2n) is 9.73. The lowest BCUT2D eigenvalue weighted by Gasteiger charge is -2.28. The molecule has 2 aromatic rings. The third kappa shape index (κ3) is 10.6. The number of methoxy groups -OCH3 is 1. The molecule has 15 heteroatoms. The second kappa shape index (κ2) is 16.3. The molecule has 1 aliphatic heterocycles. The lowest BCUT2D eigenvalue weighted by atomic mass is 10.1. The van der Waals surface area contributed by atoms with Crippen molar-refractivity contribution in [3.05, 3.63) is 40.5 Å². The summed E-state index contributed by atoms with van der Waals surface area (Å²) in [5, 5.41) is 10.4. The van der Waals surface area contributed by atoms with Crippen LogP contribution >= 0.6 is 15.9 Å². The monoisotopic (exact) mass is 682 g/mol. The van der Waals surface area contributed by atoms with Gasteiger partial charge in [0.2, 0.25) is 10.0 Å². The number of rotatable bonds is 11. The highest BCUT2D eigenvalue weighted by molar-refractivity contribution is 9.10. The minimum Gasteiger partial charge on any atom is -0.493 e. The van der Waals surface area contributed by atoms with E-state index in [1.807, 2.05) is 39.2 Å². The molecule has 0 bridgehead atoms. The topological polar surface area (TPSA) is 121 Å². The summed E-state index contributed by atoms with van der Waals surface area (Å²) >= 11 is 3.40. The highest BCUT2D eigenvalue weighted by Gasteiger charge is 2.38. The zero-order valence-corrected chi connectivity index (χ0v) is 26.5. The Hall–Kier alpha value is -2.62. The number of carboxylic acids is 1. The van der Waals surface area contributed by atoms with Crippen LogP contribution in [0.1, 0.15) is 38.2 Å². The summed E-state index contributed by atoms with van der Waals surface area (Å²) in [7, 11) is 1.95. The van der Waals surface area contributed by atoms with Crippen molar-refractivity contribution in [3.63, 3.8) is 0 Å². The fourth-order valence-electron chi connectivity index (χ4n) is 4.26. The van der Waals surface area contributed by atoms with Crippen molar-refractivity contribution in [1.82, 2.24) is 14.2 Å². The molecule has 0 saturated carbocycles. The summed E-state index contributed by atoms with van der Waals surface area (Å²) in [6.45, 7) is 4.12. The van der Waals surface area contributed by atoms with Gasteiger partial charge in [0.15, 0.2) is 11.5 Å². The molecule has 1 aliphatic rings. The van der Waals surface area contributed by atoms with Crippen LogP contribution in [0.4, 0.5) is 19.0 Å². The lowest BCUT2D eigenvalue weighted by Crippen LogP contribution is -2.42. The third-order valence-corrected chi connectivity index (χ3v) is 8.79. The summed E-state index contributed by atoms with van der Waals surface area (Å²) in [4.78, 5) is 15.6. The van der Waals surface area contributed by atoms with Gasteiger partial charge >= 0.3 is 12.1 Å². The maximum atomic E-state index is 13.7. The van der Waals surface area contributed by atoms with Gasteiger partial charge in [0.05, 0.1) is 13.7 Å². The zero-order valence-electron chi connectivity index (χ0n) is 24.1. The molecule has 10 nitrogen and oxygen atoms in total. The number of carboxylic acid groups (broad SMARTS) is 1. The van der Waals surface area contributed by atoms with E-state index in [2.05, 4.69) is 31.1 Å². The number of carbonyl (C=O) groups is 1. The smallest absolute Gasteiger partial charge is 0.490 e. The first-order valence-corrected chi connectivity index (χ1v) is 15.6. The maximum Gasteiger partial charge on any atom is 0.490 e. The van der Waals surface area contributed by atoms with Crippen LogP contribution in [0.5, 0.6) is 11.5 Å². The minimum absolute atomic E-state index is 0.204. The largest absolute Gasteiger partial charge is 0.493 e. The fourth-order valence-corrected chi connectivity index (χ4v) is 6.40. The van der Waals surface area contributed by atoms with Gasteiger partial charge in [0.25, 0.3) is 0 Å². The van der Waals surface area contributed by atoms with Crippen LogP contribution in [0, 0.1) is 0 Å². The predicted octanol–water partition coefficient (Wildman–Crippen LogP) is 5.03. The predicted molar refractivity (Wildman–Crippen MR) is 157 cm³/mol. The molecule has 1 saturated heterocycles. The van der Waals surface area contributed by atoms with Gasteiger partial charge in [-0.15, -0.1) is 0 Å². The Balaban J connectivity index is 0.000000782. The first-order chi connectivity index (χ1) is 19.7. The number of aliphatic carboxylic acids is 1. The molecule has 236 valence electrons. The lowest BCUT2D eigenvalue weighted by molar-refractivity contribution is -0.192. The number of aryl methyl sites for hydroxylation is 1. The molecule has 0 aliphatic carbocycles. The van der Waals surface area contributed by atoms with E-state index in [0.717, 1.165) is 43.4 Å². The van der Waals surface area contributed by atoms with Gasteiger partial charge in [-0.1, -0.05) is 12.5 Å². The number of anilines is 1. The van der Waals surface area contributed by atoms with E-state index in [4.69, 9.17) is 19.4 Å². The Labute approximate surface area is 253 Å². The molecule has 0 spiro atoms. The Kier molecular flexibility index (Phi) is 13.8. The molecule has 1 aromatic heterocycles. The first-order valence-electron chi connectivity index (χ1n) is 13.4. The molecule has 1 aromatic carbocycles. The van der Waals surface area contributed by atoms with Gasteiger partial charge in [-0.05, 0) is 86.4 Å². The number of hydrogen-bond acceptors (Lipinski definition) is 8. The minimum atomic E-state index is -5.08. The van der Waals surface area contributed by atoms with Crippen LogP contribution in [0.3, 0.4) is 0 Å². The molecular formula is C27H38BrF3N4O6S. The van der Waals surface area contributed by atoms with E-state index in [9.17, 15) is 21.6 Å². The molecule has 3 rings (SSSR count). The number of sulfonamides is 1. The summed E-state index contributed by atoms with van der Waals surface area (Å²) in [6, 6.07) is 7.79. The maximum absolute atomic E-state index is 13.7. The van der Waals surface area contributed by atoms with E-state index in [0.29, 0.717) is 42.3 Å². The van der Waals surface area contributed by atoms with Crippen molar-refractivity contribution >= 4 is 37.7 Å². The van der Waals surface area contributed by atoms with Crippen LogP contribution in [-0.4, -0.2) is 93.3 Å². The number of benzene rings is 1. The van der Waals surface area contributed by atoms with E-state index in [-0.39, 0.29) is 10.9 Å². The van der Waals surface area contributed by atoms with Gasteiger partial charge in [0.1, 0.15) is 10.7 Å². The number of hydrogen-bond donors (Lipinski definition) is 2. The van der Waals surface area contributed by atoms with E-state index in [1.54, 1.807) is 23.7 Å². The van der Waals surface area contributed by atoms with E-state index in [1.165, 1.54) is 0 Å². The molecule has 1 fully saturated rings. The van der Waals surface area contributed by atoms with Crippen molar-refractivity contribution in [2.45, 2.75) is 56.1 Å². The Morgan fingerprint density at radius 3 is 2.52 bits per heavy atom. The Morgan fingerprint density at radius 1 is 1.24 bits per heavy atom. The summed E-state index contributed by atoms with van der Waals surface area (Å²) < 4.78 is 72.4. The van der Waals surface area contributed by atoms with E-state index < -0.39 is 22.2 Å². The van der Waals surface area contributed by atoms with Crippen molar-refractivity contribution in [2.24, 2.45) is 0 Å². The number of pyridine rings is 1. The molecular weight excluding hydrogens is 645 g/mol. The molecule has 0 amide bonds. The molecule has 2 heterocycles.